The fourth-order valence-electron chi connectivity index (χ4n) is 2.68. The first kappa shape index (κ1) is 18.7. The van der Waals surface area contributed by atoms with Gasteiger partial charge in [0, 0.05) is 32.8 Å². The molecule has 8 heteroatoms. The second-order valence-electron chi connectivity index (χ2n) is 5.91. The van der Waals surface area contributed by atoms with Gasteiger partial charge in [0.25, 0.3) is 11.5 Å². The van der Waals surface area contributed by atoms with E-state index in [2.05, 4.69) is 5.32 Å². The maximum absolute atomic E-state index is 12.5. The first-order valence-electron chi connectivity index (χ1n) is 8.37. The molecule has 2 rings (SSSR count). The lowest BCUT2D eigenvalue weighted by Crippen LogP contribution is -2.31. The maximum Gasteiger partial charge on any atom is 0.306 e. The number of carbonyl (C=O) groups excluding carboxylic acids is 3. The number of hydrogen-bond acceptors (Lipinski definition) is 5. The van der Waals surface area contributed by atoms with Crippen molar-refractivity contribution in [1.82, 2.24) is 9.47 Å². The molecule has 1 aromatic rings. The summed E-state index contributed by atoms with van der Waals surface area (Å²) in [6.07, 6.45) is 3.25. The van der Waals surface area contributed by atoms with E-state index in [-0.39, 0.29) is 31.0 Å². The number of esters is 1. The monoisotopic (exact) mass is 349 g/mol. The van der Waals surface area contributed by atoms with E-state index in [0.717, 1.165) is 12.8 Å². The van der Waals surface area contributed by atoms with Gasteiger partial charge in [-0.1, -0.05) is 0 Å². The Bertz CT molecular complexity index is 719. The predicted octanol–water partition coefficient (Wildman–Crippen LogP) is 0.903. The van der Waals surface area contributed by atoms with Gasteiger partial charge >= 0.3 is 5.97 Å². The number of pyridine rings is 1. The van der Waals surface area contributed by atoms with Crippen LogP contribution in [0.2, 0.25) is 0 Å². The summed E-state index contributed by atoms with van der Waals surface area (Å²) >= 11 is 0. The van der Waals surface area contributed by atoms with Gasteiger partial charge < -0.3 is 19.5 Å². The topological polar surface area (TPSA) is 97.7 Å². The lowest BCUT2D eigenvalue weighted by molar-refractivity contribution is -0.144. The molecule has 25 heavy (non-hydrogen) atoms. The van der Waals surface area contributed by atoms with Crippen LogP contribution in [0.25, 0.3) is 0 Å². The summed E-state index contributed by atoms with van der Waals surface area (Å²) in [5.74, 6) is -1.10. The highest BCUT2D eigenvalue weighted by molar-refractivity contribution is 5.97. The van der Waals surface area contributed by atoms with Crippen molar-refractivity contribution in [1.29, 1.82) is 0 Å². The Morgan fingerprint density at radius 1 is 1.20 bits per heavy atom. The zero-order chi connectivity index (χ0) is 18.4. The van der Waals surface area contributed by atoms with Crippen LogP contribution in [0.1, 0.15) is 43.0 Å². The van der Waals surface area contributed by atoms with Crippen molar-refractivity contribution in [2.45, 2.75) is 32.6 Å². The summed E-state index contributed by atoms with van der Waals surface area (Å²) < 4.78 is 6.03. The van der Waals surface area contributed by atoms with E-state index in [9.17, 15) is 19.2 Å². The van der Waals surface area contributed by atoms with E-state index in [1.54, 1.807) is 11.8 Å². The number of aryl methyl sites for hydroxylation is 1. The minimum atomic E-state index is -0.476. The van der Waals surface area contributed by atoms with Crippen LogP contribution in [0.3, 0.4) is 0 Å². The van der Waals surface area contributed by atoms with Gasteiger partial charge in [-0.3, -0.25) is 19.2 Å². The molecule has 1 aliphatic heterocycles. The lowest BCUT2D eigenvalue weighted by atomic mass is 10.2. The van der Waals surface area contributed by atoms with Crippen molar-refractivity contribution in [3.05, 3.63) is 28.2 Å². The average Bonchev–Trinajstić information content (AvgIpc) is 3.11. The zero-order valence-electron chi connectivity index (χ0n) is 14.5. The number of anilines is 1. The number of nitrogens with zero attached hydrogens (tertiary/aromatic N) is 2. The zero-order valence-corrected chi connectivity index (χ0v) is 14.5. The number of rotatable bonds is 6. The molecule has 0 saturated carbocycles. The molecule has 0 aromatic carbocycles. The number of likely N-dealkylation sites (tertiary alicyclic amines) is 1. The molecule has 0 radical (unpaired) electrons. The van der Waals surface area contributed by atoms with Gasteiger partial charge in [-0.25, -0.2) is 0 Å². The standard InChI is InChI=1S/C17H23N3O5/c1-3-25-15(22)7-6-14(21)18-13-10-12(11-19(2)17(13)24)16(23)20-8-4-5-9-20/h10-11H,3-9H2,1-2H3,(H,18,21). The smallest absolute Gasteiger partial charge is 0.306 e. The van der Waals surface area contributed by atoms with E-state index in [4.69, 9.17) is 4.74 Å². The molecule has 0 bridgehead atoms. The van der Waals surface area contributed by atoms with Crippen LogP contribution in [0.5, 0.6) is 0 Å². The van der Waals surface area contributed by atoms with Gasteiger partial charge in [0.2, 0.25) is 5.91 Å². The molecule has 136 valence electrons. The number of carbonyl (C=O) groups is 3. The van der Waals surface area contributed by atoms with E-state index in [0.29, 0.717) is 18.7 Å². The fourth-order valence-corrected chi connectivity index (χ4v) is 2.68. The lowest BCUT2D eigenvalue weighted by Gasteiger charge is -2.16. The molecule has 8 nitrogen and oxygen atoms in total. The van der Waals surface area contributed by atoms with Gasteiger partial charge in [-0.15, -0.1) is 0 Å². The SMILES string of the molecule is CCOC(=O)CCC(=O)Nc1cc(C(=O)N2CCCC2)cn(C)c1=O. The first-order chi connectivity index (χ1) is 11.9. The molecule has 2 heterocycles. The molecule has 1 saturated heterocycles. The highest BCUT2D eigenvalue weighted by Gasteiger charge is 2.21. The molecular formula is C17H23N3O5. The van der Waals surface area contributed by atoms with Crippen LogP contribution >= 0.6 is 0 Å². The fraction of sp³-hybridized carbons (Fsp3) is 0.529. The van der Waals surface area contributed by atoms with Crippen molar-refractivity contribution in [3.63, 3.8) is 0 Å². The second-order valence-corrected chi connectivity index (χ2v) is 5.91. The largest absolute Gasteiger partial charge is 0.466 e. The predicted molar refractivity (Wildman–Crippen MR) is 91.3 cm³/mol. The molecule has 1 N–H and O–H groups in total. The van der Waals surface area contributed by atoms with Crippen LogP contribution in [0, 0.1) is 0 Å². The number of amides is 2. The molecular weight excluding hydrogens is 326 g/mol. The average molecular weight is 349 g/mol. The van der Waals surface area contributed by atoms with Crippen molar-refractivity contribution in [3.8, 4) is 0 Å². The van der Waals surface area contributed by atoms with E-state index < -0.39 is 17.4 Å². The number of hydrogen-bond donors (Lipinski definition) is 1. The number of aromatic nitrogens is 1. The Balaban J connectivity index is 2.09. The summed E-state index contributed by atoms with van der Waals surface area (Å²) in [4.78, 5) is 49.6. The van der Waals surface area contributed by atoms with Gasteiger partial charge in [0.15, 0.2) is 0 Å². The van der Waals surface area contributed by atoms with E-state index >= 15 is 0 Å². The third-order valence-corrected chi connectivity index (χ3v) is 3.96. The van der Waals surface area contributed by atoms with Gasteiger partial charge in [-0.2, -0.15) is 0 Å². The van der Waals surface area contributed by atoms with Crippen molar-refractivity contribution in [2.75, 3.05) is 25.0 Å². The third kappa shape index (κ3) is 4.91. The minimum Gasteiger partial charge on any atom is -0.466 e. The Hall–Kier alpha value is -2.64. The maximum atomic E-state index is 12.5. The van der Waals surface area contributed by atoms with Crippen molar-refractivity contribution < 1.29 is 19.1 Å². The molecule has 0 aliphatic carbocycles. The Kier molecular flexibility index (Phi) is 6.32. The second kappa shape index (κ2) is 8.46. The molecule has 2 amide bonds. The highest BCUT2D eigenvalue weighted by atomic mass is 16.5. The van der Waals surface area contributed by atoms with Crippen LogP contribution in [-0.4, -0.2) is 46.9 Å². The van der Waals surface area contributed by atoms with Gasteiger partial charge in [0.05, 0.1) is 18.6 Å². The molecule has 1 aliphatic rings. The number of nitrogens with one attached hydrogen (secondary N) is 1. The van der Waals surface area contributed by atoms with Gasteiger partial charge in [0.1, 0.15) is 5.69 Å². The van der Waals surface area contributed by atoms with E-state index in [1.165, 1.54) is 23.9 Å². The molecule has 0 atom stereocenters. The summed E-state index contributed by atoms with van der Waals surface area (Å²) in [6.45, 7) is 3.33. The molecule has 1 aromatic heterocycles. The van der Waals surface area contributed by atoms with E-state index in [1.807, 2.05) is 0 Å². The van der Waals surface area contributed by atoms with Crippen molar-refractivity contribution >= 4 is 23.5 Å². The minimum absolute atomic E-state index is 0.0291. The van der Waals surface area contributed by atoms with Crippen LogP contribution in [0.4, 0.5) is 5.69 Å². The number of ether oxygens (including phenoxy) is 1. The molecule has 0 unspecified atom stereocenters. The Morgan fingerprint density at radius 2 is 1.88 bits per heavy atom. The van der Waals surface area contributed by atoms with Crippen LogP contribution in [-0.2, 0) is 21.4 Å². The Morgan fingerprint density at radius 3 is 2.52 bits per heavy atom. The Labute approximate surface area is 145 Å². The summed E-state index contributed by atoms with van der Waals surface area (Å²) in [6, 6.07) is 1.39. The summed E-state index contributed by atoms with van der Waals surface area (Å²) in [5.41, 5.74) is -0.0337. The molecule has 1 fully saturated rings. The highest BCUT2D eigenvalue weighted by Crippen LogP contribution is 2.14. The van der Waals surface area contributed by atoms with Gasteiger partial charge in [-0.05, 0) is 25.8 Å². The molecule has 0 spiro atoms. The summed E-state index contributed by atoms with van der Waals surface area (Å²) in [5, 5.41) is 2.48. The normalized spacial score (nSPS) is 13.6. The van der Waals surface area contributed by atoms with Crippen LogP contribution < -0.4 is 10.9 Å². The third-order valence-electron chi connectivity index (χ3n) is 3.96. The first-order valence-corrected chi connectivity index (χ1v) is 8.37. The quantitative estimate of drug-likeness (QED) is 0.770. The summed E-state index contributed by atoms with van der Waals surface area (Å²) in [7, 11) is 1.53. The van der Waals surface area contributed by atoms with Crippen molar-refractivity contribution in [2.24, 2.45) is 7.05 Å². The van der Waals surface area contributed by atoms with Crippen LogP contribution in [0.15, 0.2) is 17.1 Å².